The Balaban J connectivity index is 1.97. The van der Waals surface area contributed by atoms with Crippen molar-refractivity contribution in [3.8, 4) is 0 Å². The largest absolute Gasteiger partial charge is 0.358 e. The van der Waals surface area contributed by atoms with Gasteiger partial charge in [0.2, 0.25) is 11.6 Å². The number of benzene rings is 2. The molecule has 2 atom stereocenters. The van der Waals surface area contributed by atoms with Crippen molar-refractivity contribution in [1.82, 2.24) is 0 Å². The maximum absolute atomic E-state index is 11.4. The summed E-state index contributed by atoms with van der Waals surface area (Å²) in [6, 6.07) is 19.9. The summed E-state index contributed by atoms with van der Waals surface area (Å²) < 4.78 is 17.4. The molecule has 4 nitrogen and oxygen atoms in total. The van der Waals surface area contributed by atoms with Crippen molar-refractivity contribution in [3.63, 3.8) is 0 Å². The van der Waals surface area contributed by atoms with E-state index < -0.39 is 11.6 Å². The second-order valence-corrected chi connectivity index (χ2v) is 6.98. The van der Waals surface area contributed by atoms with Crippen molar-refractivity contribution < 1.29 is 19.3 Å². The van der Waals surface area contributed by atoms with Gasteiger partial charge in [0.25, 0.3) is 0 Å². The van der Waals surface area contributed by atoms with E-state index in [0.717, 1.165) is 22.3 Å². The predicted molar refractivity (Wildman–Crippen MR) is 114 cm³/mol. The molecule has 152 valence electrons. The molecule has 0 radical (unpaired) electrons. The van der Waals surface area contributed by atoms with E-state index in [4.69, 9.17) is 14.2 Å². The lowest BCUT2D eigenvalue weighted by molar-refractivity contribution is -0.348. The van der Waals surface area contributed by atoms with Crippen LogP contribution in [0.4, 0.5) is 0 Å². The van der Waals surface area contributed by atoms with Crippen molar-refractivity contribution in [2.24, 2.45) is 0 Å². The molecule has 1 aliphatic carbocycles. The number of ether oxygens (including phenoxy) is 3. The first kappa shape index (κ1) is 21.2. The highest BCUT2D eigenvalue weighted by atomic mass is 16.8. The van der Waals surface area contributed by atoms with E-state index in [2.05, 4.69) is 12.1 Å². The van der Waals surface area contributed by atoms with Crippen molar-refractivity contribution in [2.45, 2.75) is 31.5 Å². The average Bonchev–Trinajstić information content (AvgIpc) is 2.76. The van der Waals surface area contributed by atoms with E-state index >= 15 is 0 Å². The Morgan fingerprint density at radius 2 is 1.48 bits per heavy atom. The minimum absolute atomic E-state index is 0.266. The molecule has 1 N–H and O–H groups in total. The Morgan fingerprint density at radius 1 is 0.862 bits per heavy atom. The lowest BCUT2D eigenvalue weighted by Crippen LogP contribution is -2.58. The fourth-order valence-electron chi connectivity index (χ4n) is 3.50. The third kappa shape index (κ3) is 4.57. The van der Waals surface area contributed by atoms with Gasteiger partial charge in [-0.2, -0.15) is 0 Å². The van der Waals surface area contributed by atoms with Gasteiger partial charge in [-0.3, -0.25) is 0 Å². The van der Waals surface area contributed by atoms with E-state index in [-0.39, 0.29) is 6.61 Å². The number of rotatable bonds is 8. The zero-order valence-corrected chi connectivity index (χ0v) is 17.2. The maximum Gasteiger partial charge on any atom is 0.249 e. The SMILES string of the molecule is CC=CC1=CC(OC)(OCc2ccccc2)C(O)(OC)C=C1Cc1ccccc1. The molecule has 0 saturated heterocycles. The van der Waals surface area contributed by atoms with Crippen LogP contribution in [-0.4, -0.2) is 30.9 Å². The molecule has 29 heavy (non-hydrogen) atoms. The van der Waals surface area contributed by atoms with E-state index in [1.54, 1.807) is 12.2 Å². The van der Waals surface area contributed by atoms with Crippen LogP contribution in [0.2, 0.25) is 0 Å². The molecule has 0 bridgehead atoms. The van der Waals surface area contributed by atoms with Crippen molar-refractivity contribution >= 4 is 0 Å². The van der Waals surface area contributed by atoms with Gasteiger partial charge < -0.3 is 19.3 Å². The average molecular weight is 392 g/mol. The Morgan fingerprint density at radius 3 is 2.03 bits per heavy atom. The Labute approximate surface area is 172 Å². The molecule has 0 heterocycles. The van der Waals surface area contributed by atoms with Gasteiger partial charge in [-0.25, -0.2) is 0 Å². The molecule has 0 fully saturated rings. The van der Waals surface area contributed by atoms with E-state index in [1.165, 1.54) is 14.2 Å². The van der Waals surface area contributed by atoms with Gasteiger partial charge in [0.15, 0.2) is 0 Å². The third-order valence-corrected chi connectivity index (χ3v) is 5.08. The molecular formula is C25H28O4. The summed E-state index contributed by atoms with van der Waals surface area (Å²) in [6.45, 7) is 2.22. The van der Waals surface area contributed by atoms with Gasteiger partial charge in [0, 0.05) is 14.2 Å². The zero-order valence-electron chi connectivity index (χ0n) is 17.2. The quantitative estimate of drug-likeness (QED) is 0.669. The first-order valence-corrected chi connectivity index (χ1v) is 9.68. The van der Waals surface area contributed by atoms with Gasteiger partial charge in [-0.1, -0.05) is 72.8 Å². The molecule has 0 amide bonds. The number of hydrogen-bond acceptors (Lipinski definition) is 4. The number of hydrogen-bond donors (Lipinski definition) is 1. The van der Waals surface area contributed by atoms with Gasteiger partial charge in [0.05, 0.1) is 6.61 Å². The highest BCUT2D eigenvalue weighted by molar-refractivity contribution is 5.49. The highest BCUT2D eigenvalue weighted by Gasteiger charge is 2.53. The first-order valence-electron chi connectivity index (χ1n) is 9.68. The van der Waals surface area contributed by atoms with Crippen LogP contribution in [-0.2, 0) is 27.2 Å². The van der Waals surface area contributed by atoms with E-state index in [1.807, 2.05) is 67.6 Å². The summed E-state index contributed by atoms with van der Waals surface area (Å²) in [7, 11) is 2.96. The number of methoxy groups -OCH3 is 2. The molecule has 2 unspecified atom stereocenters. The molecule has 0 aromatic heterocycles. The predicted octanol–water partition coefficient (Wildman–Crippen LogP) is 4.57. The third-order valence-electron chi connectivity index (χ3n) is 5.08. The minimum atomic E-state index is -1.77. The second kappa shape index (κ2) is 9.33. The van der Waals surface area contributed by atoms with Crippen LogP contribution < -0.4 is 0 Å². The molecule has 2 aromatic rings. The number of aliphatic hydroxyl groups is 1. The lowest BCUT2D eigenvalue weighted by atomic mass is 9.85. The summed E-state index contributed by atoms with van der Waals surface area (Å²) in [5.74, 6) is -3.25. The Bertz CT molecular complexity index is 886. The maximum atomic E-state index is 11.4. The Kier molecular flexibility index (Phi) is 6.83. The second-order valence-electron chi connectivity index (χ2n) is 6.98. The van der Waals surface area contributed by atoms with Crippen LogP contribution in [0.3, 0.4) is 0 Å². The smallest absolute Gasteiger partial charge is 0.249 e. The van der Waals surface area contributed by atoms with Gasteiger partial charge in [0.1, 0.15) is 0 Å². The summed E-state index contributed by atoms with van der Waals surface area (Å²) in [5.41, 5.74) is 3.98. The minimum Gasteiger partial charge on any atom is -0.358 e. The van der Waals surface area contributed by atoms with E-state index in [0.29, 0.717) is 6.42 Å². The van der Waals surface area contributed by atoms with Crippen molar-refractivity contribution in [2.75, 3.05) is 14.2 Å². The van der Waals surface area contributed by atoms with Crippen LogP contribution in [0, 0.1) is 0 Å². The number of allylic oxidation sites excluding steroid dienone is 4. The van der Waals surface area contributed by atoms with Crippen molar-refractivity contribution in [1.29, 1.82) is 0 Å². The topological polar surface area (TPSA) is 47.9 Å². The van der Waals surface area contributed by atoms with Gasteiger partial charge >= 0.3 is 0 Å². The van der Waals surface area contributed by atoms with Gasteiger partial charge in [-0.05, 0) is 47.8 Å². The summed E-state index contributed by atoms with van der Waals surface area (Å²) in [6.07, 6.45) is 8.10. The zero-order chi connectivity index (χ0) is 20.7. The fraction of sp³-hybridized carbons (Fsp3) is 0.280. The summed E-state index contributed by atoms with van der Waals surface area (Å²) in [5, 5.41) is 11.4. The van der Waals surface area contributed by atoms with Crippen LogP contribution in [0.5, 0.6) is 0 Å². The lowest BCUT2D eigenvalue weighted by Gasteiger charge is -2.44. The molecule has 0 spiro atoms. The molecule has 2 aromatic carbocycles. The van der Waals surface area contributed by atoms with E-state index in [9.17, 15) is 5.11 Å². The van der Waals surface area contributed by atoms with Crippen LogP contribution in [0.25, 0.3) is 0 Å². The normalized spacial score (nSPS) is 24.4. The van der Waals surface area contributed by atoms with Crippen LogP contribution in [0.1, 0.15) is 18.1 Å². The van der Waals surface area contributed by atoms with Crippen molar-refractivity contribution in [3.05, 3.63) is 107 Å². The summed E-state index contributed by atoms with van der Waals surface area (Å²) >= 11 is 0. The molecule has 0 aliphatic heterocycles. The standard InChI is InChI=1S/C25H28O4/c1-4-11-22-18-25(28-3,29-19-21-14-9-6-10-15-21)24(26,27-2)17-23(22)16-20-12-7-5-8-13-20/h4-15,17-18,26H,16,19H2,1-3H3. The molecule has 4 heteroatoms. The van der Waals surface area contributed by atoms with Crippen LogP contribution >= 0.6 is 0 Å². The monoisotopic (exact) mass is 392 g/mol. The van der Waals surface area contributed by atoms with Crippen LogP contribution in [0.15, 0.2) is 96.1 Å². The first-order chi connectivity index (χ1) is 14.1. The fourth-order valence-corrected chi connectivity index (χ4v) is 3.50. The molecule has 0 saturated carbocycles. The highest BCUT2D eigenvalue weighted by Crippen LogP contribution is 2.40. The Hall–Kier alpha value is -2.50. The van der Waals surface area contributed by atoms with Gasteiger partial charge in [-0.15, -0.1) is 0 Å². The molecule has 1 aliphatic rings. The summed E-state index contributed by atoms with van der Waals surface area (Å²) in [4.78, 5) is 0. The molecular weight excluding hydrogens is 364 g/mol. The molecule has 3 rings (SSSR count).